The highest BCUT2D eigenvalue weighted by atomic mass is 79.9. The SMILES string of the molecule is C[C@@H](O)c1ccc(N2CCOc3ccccc3C2)cc1Br. The lowest BCUT2D eigenvalue weighted by atomic mass is 10.1. The van der Waals surface area contributed by atoms with Gasteiger partial charge in [0.25, 0.3) is 0 Å². The van der Waals surface area contributed by atoms with Crippen LogP contribution >= 0.6 is 15.9 Å². The molecule has 2 aromatic carbocycles. The summed E-state index contributed by atoms with van der Waals surface area (Å²) in [6, 6.07) is 14.3. The van der Waals surface area contributed by atoms with Gasteiger partial charge in [0.15, 0.2) is 0 Å². The second-order valence-corrected chi connectivity index (χ2v) is 6.11. The van der Waals surface area contributed by atoms with Crippen molar-refractivity contribution in [2.75, 3.05) is 18.1 Å². The predicted molar refractivity (Wildman–Crippen MR) is 87.8 cm³/mol. The first kappa shape index (κ1) is 14.4. The van der Waals surface area contributed by atoms with Gasteiger partial charge in [0.05, 0.1) is 12.6 Å². The second kappa shape index (κ2) is 6.08. The smallest absolute Gasteiger partial charge is 0.124 e. The highest BCUT2D eigenvalue weighted by Gasteiger charge is 2.16. The Hall–Kier alpha value is -1.52. The summed E-state index contributed by atoms with van der Waals surface area (Å²) in [6.07, 6.45) is -0.471. The number of anilines is 1. The van der Waals surface area contributed by atoms with Crippen molar-refractivity contribution in [2.24, 2.45) is 0 Å². The molecule has 0 aromatic heterocycles. The van der Waals surface area contributed by atoms with E-state index >= 15 is 0 Å². The number of aliphatic hydroxyl groups is 1. The maximum atomic E-state index is 9.72. The molecule has 0 aliphatic carbocycles. The van der Waals surface area contributed by atoms with Crippen LogP contribution in [-0.2, 0) is 6.54 Å². The minimum absolute atomic E-state index is 0.471. The third kappa shape index (κ3) is 3.06. The molecule has 4 heteroatoms. The van der Waals surface area contributed by atoms with Crippen molar-refractivity contribution in [3.05, 3.63) is 58.1 Å². The minimum atomic E-state index is -0.471. The molecule has 0 unspecified atom stereocenters. The third-order valence-electron chi connectivity index (χ3n) is 3.75. The van der Waals surface area contributed by atoms with Crippen LogP contribution in [0, 0.1) is 0 Å². The van der Waals surface area contributed by atoms with E-state index in [1.54, 1.807) is 6.92 Å². The Labute approximate surface area is 133 Å². The predicted octanol–water partition coefficient (Wildman–Crippen LogP) is 3.90. The molecule has 0 saturated carbocycles. The number of aliphatic hydroxyl groups excluding tert-OH is 1. The molecule has 1 heterocycles. The van der Waals surface area contributed by atoms with Crippen molar-refractivity contribution in [1.29, 1.82) is 0 Å². The first-order valence-corrected chi connectivity index (χ1v) is 7.87. The van der Waals surface area contributed by atoms with E-state index in [-0.39, 0.29) is 0 Å². The molecule has 1 atom stereocenters. The van der Waals surface area contributed by atoms with Crippen molar-refractivity contribution in [3.63, 3.8) is 0 Å². The topological polar surface area (TPSA) is 32.7 Å². The molecule has 1 aliphatic heterocycles. The van der Waals surface area contributed by atoms with Crippen molar-refractivity contribution in [1.82, 2.24) is 0 Å². The van der Waals surface area contributed by atoms with Gasteiger partial charge in [-0.3, -0.25) is 0 Å². The van der Waals surface area contributed by atoms with Crippen LogP contribution in [-0.4, -0.2) is 18.3 Å². The molecule has 0 amide bonds. The monoisotopic (exact) mass is 347 g/mol. The zero-order valence-corrected chi connectivity index (χ0v) is 13.5. The molecular formula is C17H18BrNO2. The van der Waals surface area contributed by atoms with E-state index in [1.165, 1.54) is 5.56 Å². The Morgan fingerprint density at radius 2 is 2.05 bits per heavy atom. The lowest BCUT2D eigenvalue weighted by Crippen LogP contribution is -2.25. The summed E-state index contributed by atoms with van der Waals surface area (Å²) in [5.41, 5.74) is 3.24. The van der Waals surface area contributed by atoms with E-state index in [9.17, 15) is 5.11 Å². The quantitative estimate of drug-likeness (QED) is 0.894. The number of hydrogen-bond acceptors (Lipinski definition) is 3. The fourth-order valence-corrected chi connectivity index (χ4v) is 3.30. The summed E-state index contributed by atoms with van der Waals surface area (Å²) >= 11 is 3.55. The first-order chi connectivity index (χ1) is 10.1. The average molecular weight is 348 g/mol. The summed E-state index contributed by atoms with van der Waals surface area (Å²) < 4.78 is 6.74. The zero-order chi connectivity index (χ0) is 14.8. The number of ether oxygens (including phenoxy) is 1. The number of rotatable bonds is 2. The molecule has 1 aliphatic rings. The van der Waals surface area contributed by atoms with Crippen LogP contribution < -0.4 is 9.64 Å². The zero-order valence-electron chi connectivity index (χ0n) is 11.9. The Morgan fingerprint density at radius 1 is 1.24 bits per heavy atom. The summed E-state index contributed by atoms with van der Waals surface area (Å²) in [4.78, 5) is 2.29. The number of nitrogens with zero attached hydrogens (tertiary/aromatic N) is 1. The maximum Gasteiger partial charge on any atom is 0.124 e. The highest BCUT2D eigenvalue weighted by molar-refractivity contribution is 9.10. The average Bonchev–Trinajstić information content (AvgIpc) is 2.68. The second-order valence-electron chi connectivity index (χ2n) is 5.26. The van der Waals surface area contributed by atoms with Gasteiger partial charge in [0.2, 0.25) is 0 Å². The van der Waals surface area contributed by atoms with Crippen LogP contribution in [0.3, 0.4) is 0 Å². The van der Waals surface area contributed by atoms with Crippen molar-refractivity contribution >= 4 is 21.6 Å². The van der Waals surface area contributed by atoms with Gasteiger partial charge in [-0.2, -0.15) is 0 Å². The van der Waals surface area contributed by atoms with Gasteiger partial charge in [0, 0.05) is 22.3 Å². The standard InChI is InChI=1S/C17H18BrNO2/c1-12(20)15-7-6-14(10-16(15)18)19-8-9-21-17-5-3-2-4-13(17)11-19/h2-7,10,12,20H,8-9,11H2,1H3/t12-/m1/s1. The van der Waals surface area contributed by atoms with Crippen LogP contribution in [0.5, 0.6) is 5.75 Å². The Kier molecular flexibility index (Phi) is 4.17. The Morgan fingerprint density at radius 3 is 2.81 bits per heavy atom. The molecule has 3 nitrogen and oxygen atoms in total. The molecule has 0 radical (unpaired) electrons. The largest absolute Gasteiger partial charge is 0.491 e. The van der Waals surface area contributed by atoms with Gasteiger partial charge < -0.3 is 14.7 Å². The van der Waals surface area contributed by atoms with E-state index in [2.05, 4.69) is 39.0 Å². The molecule has 0 bridgehead atoms. The lowest BCUT2D eigenvalue weighted by molar-refractivity contribution is 0.198. The number of halogens is 1. The molecular weight excluding hydrogens is 330 g/mol. The summed E-state index contributed by atoms with van der Waals surface area (Å²) in [5.74, 6) is 0.972. The molecule has 110 valence electrons. The molecule has 0 spiro atoms. The van der Waals surface area contributed by atoms with E-state index in [0.29, 0.717) is 6.61 Å². The van der Waals surface area contributed by atoms with E-state index in [4.69, 9.17) is 4.74 Å². The van der Waals surface area contributed by atoms with Crippen LogP contribution in [0.1, 0.15) is 24.2 Å². The van der Waals surface area contributed by atoms with Gasteiger partial charge >= 0.3 is 0 Å². The maximum absolute atomic E-state index is 9.72. The molecule has 0 saturated heterocycles. The third-order valence-corrected chi connectivity index (χ3v) is 4.44. The first-order valence-electron chi connectivity index (χ1n) is 7.08. The number of benzene rings is 2. The van der Waals surface area contributed by atoms with Gasteiger partial charge in [-0.1, -0.05) is 40.2 Å². The molecule has 3 rings (SSSR count). The van der Waals surface area contributed by atoms with E-state index in [1.807, 2.05) is 24.3 Å². The highest BCUT2D eigenvalue weighted by Crippen LogP contribution is 2.31. The van der Waals surface area contributed by atoms with Crippen LogP contribution in [0.4, 0.5) is 5.69 Å². The van der Waals surface area contributed by atoms with Crippen molar-refractivity contribution in [2.45, 2.75) is 19.6 Å². The summed E-state index contributed by atoms with van der Waals surface area (Å²) in [5, 5.41) is 9.72. The summed E-state index contributed by atoms with van der Waals surface area (Å²) in [7, 11) is 0. The molecule has 21 heavy (non-hydrogen) atoms. The fraction of sp³-hybridized carbons (Fsp3) is 0.294. The lowest BCUT2D eigenvalue weighted by Gasteiger charge is -2.23. The van der Waals surface area contributed by atoms with Crippen LogP contribution in [0.2, 0.25) is 0 Å². The molecule has 0 fully saturated rings. The van der Waals surface area contributed by atoms with E-state index < -0.39 is 6.10 Å². The Balaban J connectivity index is 1.89. The number of fused-ring (bicyclic) bond motifs is 1. The van der Waals surface area contributed by atoms with Crippen molar-refractivity contribution in [3.8, 4) is 5.75 Å². The van der Waals surface area contributed by atoms with Crippen molar-refractivity contribution < 1.29 is 9.84 Å². The number of para-hydroxylation sites is 1. The van der Waals surface area contributed by atoms with Gasteiger partial charge in [-0.05, 0) is 30.7 Å². The number of hydrogen-bond donors (Lipinski definition) is 1. The minimum Gasteiger partial charge on any atom is -0.491 e. The fourth-order valence-electron chi connectivity index (χ4n) is 2.60. The molecule has 2 aromatic rings. The summed E-state index contributed by atoms with van der Waals surface area (Å²) in [6.45, 7) is 4.12. The van der Waals surface area contributed by atoms with Crippen LogP contribution in [0.15, 0.2) is 46.9 Å². The molecule has 1 N–H and O–H groups in total. The van der Waals surface area contributed by atoms with Gasteiger partial charge in [-0.25, -0.2) is 0 Å². The Bertz CT molecular complexity index is 642. The van der Waals surface area contributed by atoms with Gasteiger partial charge in [-0.15, -0.1) is 0 Å². The van der Waals surface area contributed by atoms with Gasteiger partial charge in [0.1, 0.15) is 12.4 Å². The van der Waals surface area contributed by atoms with E-state index in [0.717, 1.165) is 34.6 Å². The normalized spacial score (nSPS) is 15.9. The van der Waals surface area contributed by atoms with Crippen LogP contribution in [0.25, 0.3) is 0 Å².